The third kappa shape index (κ3) is 7.07. The zero-order valence-corrected chi connectivity index (χ0v) is 13.2. The predicted octanol–water partition coefficient (Wildman–Crippen LogP) is -0.140. The summed E-state index contributed by atoms with van der Waals surface area (Å²) < 4.78 is 0. The average molecular weight is 320 g/mol. The Hall–Kier alpha value is -2.90. The quantitative estimate of drug-likeness (QED) is 0.456. The van der Waals surface area contributed by atoms with Crippen LogP contribution in [-0.2, 0) is 25.6 Å². The Morgan fingerprint density at radius 3 is 2.09 bits per heavy atom. The summed E-state index contributed by atoms with van der Waals surface area (Å²) in [6, 6.07) is 6.51. The molecule has 0 aliphatic heterocycles. The van der Waals surface area contributed by atoms with Gasteiger partial charge in [-0.2, -0.15) is 0 Å². The lowest BCUT2D eigenvalue weighted by atomic mass is 10.1. The number of anilines is 1. The molecule has 0 saturated carbocycles. The molecule has 0 aliphatic carbocycles. The van der Waals surface area contributed by atoms with Crippen LogP contribution in [0.2, 0.25) is 0 Å². The van der Waals surface area contributed by atoms with E-state index in [-0.39, 0.29) is 18.4 Å². The third-order valence-electron chi connectivity index (χ3n) is 2.58. The van der Waals surface area contributed by atoms with Gasteiger partial charge in [0.15, 0.2) is 0 Å². The van der Waals surface area contributed by atoms with E-state index in [0.717, 1.165) is 0 Å². The fraction of sp³-hybridized carbons (Fsp3) is 0.333. The normalized spacial score (nSPS) is 9.91. The van der Waals surface area contributed by atoms with Crippen molar-refractivity contribution in [2.45, 2.75) is 33.2 Å². The van der Waals surface area contributed by atoms with Gasteiger partial charge in [0.25, 0.3) is 0 Å². The molecule has 23 heavy (non-hydrogen) atoms. The highest BCUT2D eigenvalue weighted by molar-refractivity contribution is 6.35. The van der Waals surface area contributed by atoms with Gasteiger partial charge in [0.2, 0.25) is 11.8 Å². The van der Waals surface area contributed by atoms with Crippen LogP contribution in [-0.4, -0.2) is 29.7 Å². The van der Waals surface area contributed by atoms with Crippen LogP contribution in [0.5, 0.6) is 0 Å². The maximum atomic E-state index is 11.7. The van der Waals surface area contributed by atoms with Crippen molar-refractivity contribution >= 4 is 29.3 Å². The largest absolute Gasteiger partial charge is 0.346 e. The number of rotatable bonds is 4. The van der Waals surface area contributed by atoms with Crippen LogP contribution < -0.4 is 21.5 Å². The Kier molecular flexibility index (Phi) is 6.72. The maximum Gasteiger partial charge on any atom is 0.327 e. The van der Waals surface area contributed by atoms with Crippen LogP contribution in [0.15, 0.2) is 24.3 Å². The summed E-state index contributed by atoms with van der Waals surface area (Å²) >= 11 is 0. The van der Waals surface area contributed by atoms with E-state index in [0.29, 0.717) is 11.3 Å². The van der Waals surface area contributed by atoms with Gasteiger partial charge in [-0.15, -0.1) is 0 Å². The first kappa shape index (κ1) is 18.1. The molecule has 0 heterocycles. The number of hydrogen-bond acceptors (Lipinski definition) is 4. The van der Waals surface area contributed by atoms with Gasteiger partial charge in [-0.25, -0.2) is 0 Å². The lowest BCUT2D eigenvalue weighted by molar-refractivity contribution is -0.141. The van der Waals surface area contributed by atoms with Crippen molar-refractivity contribution in [3.05, 3.63) is 29.8 Å². The molecule has 0 atom stereocenters. The minimum Gasteiger partial charge on any atom is -0.346 e. The standard InChI is InChI=1S/C15H20N4O4/c1-9(2)16-14(22)15(23)19-18-13(21)8-11-4-6-12(7-5-11)17-10(3)20/h4-7,9H,8H2,1-3H3,(H,16,22)(H,17,20)(H,18,21)(H,19,23). The molecule has 0 unspecified atom stereocenters. The second-order valence-electron chi connectivity index (χ2n) is 5.19. The molecular formula is C15H20N4O4. The van der Waals surface area contributed by atoms with Crippen molar-refractivity contribution in [3.8, 4) is 0 Å². The Morgan fingerprint density at radius 1 is 0.957 bits per heavy atom. The van der Waals surface area contributed by atoms with Crippen molar-refractivity contribution in [1.29, 1.82) is 0 Å². The highest BCUT2D eigenvalue weighted by Crippen LogP contribution is 2.09. The molecule has 0 fully saturated rings. The Morgan fingerprint density at radius 2 is 1.57 bits per heavy atom. The van der Waals surface area contributed by atoms with Gasteiger partial charge in [-0.3, -0.25) is 30.0 Å². The van der Waals surface area contributed by atoms with Gasteiger partial charge in [-0.1, -0.05) is 12.1 Å². The molecule has 0 radical (unpaired) electrons. The van der Waals surface area contributed by atoms with E-state index in [4.69, 9.17) is 0 Å². The van der Waals surface area contributed by atoms with E-state index in [1.807, 2.05) is 5.43 Å². The van der Waals surface area contributed by atoms with E-state index >= 15 is 0 Å². The van der Waals surface area contributed by atoms with Gasteiger partial charge < -0.3 is 10.6 Å². The fourth-order valence-corrected chi connectivity index (χ4v) is 1.65. The molecule has 8 nitrogen and oxygen atoms in total. The van der Waals surface area contributed by atoms with Gasteiger partial charge in [0.05, 0.1) is 6.42 Å². The first-order valence-corrected chi connectivity index (χ1v) is 7.04. The zero-order chi connectivity index (χ0) is 17.4. The fourth-order valence-electron chi connectivity index (χ4n) is 1.65. The molecule has 4 amide bonds. The van der Waals surface area contributed by atoms with Crippen molar-refractivity contribution in [2.75, 3.05) is 5.32 Å². The Balaban J connectivity index is 2.43. The van der Waals surface area contributed by atoms with Crippen LogP contribution >= 0.6 is 0 Å². The summed E-state index contributed by atoms with van der Waals surface area (Å²) in [4.78, 5) is 45.3. The minimum absolute atomic E-state index is 0.0203. The molecule has 4 N–H and O–H groups in total. The van der Waals surface area contributed by atoms with Crippen LogP contribution in [0.4, 0.5) is 5.69 Å². The molecule has 124 valence electrons. The van der Waals surface area contributed by atoms with E-state index in [1.165, 1.54) is 6.92 Å². The smallest absolute Gasteiger partial charge is 0.327 e. The first-order chi connectivity index (χ1) is 10.8. The van der Waals surface area contributed by atoms with Crippen LogP contribution in [0.3, 0.4) is 0 Å². The Bertz CT molecular complexity index is 596. The summed E-state index contributed by atoms with van der Waals surface area (Å²) in [5.41, 5.74) is 5.52. The highest BCUT2D eigenvalue weighted by Gasteiger charge is 2.14. The van der Waals surface area contributed by atoms with Crippen molar-refractivity contribution in [1.82, 2.24) is 16.2 Å². The summed E-state index contributed by atoms with van der Waals surface area (Å²) in [5.74, 6) is -2.41. The topological polar surface area (TPSA) is 116 Å². The number of carbonyl (C=O) groups is 4. The number of hydrazine groups is 1. The number of nitrogens with one attached hydrogen (secondary N) is 4. The molecule has 8 heteroatoms. The van der Waals surface area contributed by atoms with E-state index in [2.05, 4.69) is 16.1 Å². The Labute approximate surface area is 134 Å². The average Bonchev–Trinajstić information content (AvgIpc) is 2.45. The second-order valence-corrected chi connectivity index (χ2v) is 5.19. The SMILES string of the molecule is CC(=O)Nc1ccc(CC(=O)NNC(=O)C(=O)NC(C)C)cc1. The number of hydrogen-bond donors (Lipinski definition) is 4. The molecule has 1 rings (SSSR count). The zero-order valence-electron chi connectivity index (χ0n) is 13.2. The number of amides is 4. The lowest BCUT2D eigenvalue weighted by Crippen LogP contribution is -2.50. The number of carbonyl (C=O) groups excluding carboxylic acids is 4. The van der Waals surface area contributed by atoms with E-state index in [9.17, 15) is 19.2 Å². The minimum atomic E-state index is -0.937. The molecular weight excluding hydrogens is 300 g/mol. The van der Waals surface area contributed by atoms with Gasteiger partial charge in [0, 0.05) is 18.7 Å². The highest BCUT2D eigenvalue weighted by atomic mass is 16.2. The molecule has 0 aliphatic rings. The van der Waals surface area contributed by atoms with Crippen molar-refractivity contribution < 1.29 is 19.2 Å². The summed E-state index contributed by atoms with van der Waals surface area (Å²) in [6.45, 7) is 4.84. The van der Waals surface area contributed by atoms with E-state index < -0.39 is 17.7 Å². The van der Waals surface area contributed by atoms with Gasteiger partial charge >= 0.3 is 11.8 Å². The molecule has 1 aromatic carbocycles. The summed E-state index contributed by atoms with van der Waals surface area (Å²) in [6.07, 6.45) is 0.0203. The van der Waals surface area contributed by atoms with Crippen LogP contribution in [0.1, 0.15) is 26.3 Å². The third-order valence-corrected chi connectivity index (χ3v) is 2.58. The predicted molar refractivity (Wildman–Crippen MR) is 84.0 cm³/mol. The monoisotopic (exact) mass is 320 g/mol. The lowest BCUT2D eigenvalue weighted by Gasteiger charge is -2.10. The second kappa shape index (κ2) is 8.52. The van der Waals surface area contributed by atoms with Crippen molar-refractivity contribution in [2.24, 2.45) is 0 Å². The molecule has 0 bridgehead atoms. The van der Waals surface area contributed by atoms with Gasteiger partial charge in [0.1, 0.15) is 0 Å². The van der Waals surface area contributed by atoms with Crippen LogP contribution in [0.25, 0.3) is 0 Å². The first-order valence-electron chi connectivity index (χ1n) is 7.04. The molecule has 0 aromatic heterocycles. The molecule has 1 aromatic rings. The maximum absolute atomic E-state index is 11.7. The summed E-state index contributed by atoms with van der Waals surface area (Å²) in [7, 11) is 0. The molecule has 0 saturated heterocycles. The van der Waals surface area contributed by atoms with Crippen LogP contribution in [0, 0.1) is 0 Å². The number of benzene rings is 1. The molecule has 0 spiro atoms. The van der Waals surface area contributed by atoms with Crippen molar-refractivity contribution in [3.63, 3.8) is 0 Å². The van der Waals surface area contributed by atoms with Gasteiger partial charge in [-0.05, 0) is 31.5 Å². The summed E-state index contributed by atoms with van der Waals surface area (Å²) in [5, 5.41) is 5.01. The van der Waals surface area contributed by atoms with E-state index in [1.54, 1.807) is 38.1 Å².